The number of aryl methyl sites for hydroxylation is 4. The van der Waals surface area contributed by atoms with Crippen LogP contribution in [-0.2, 0) is 12.3 Å². The van der Waals surface area contributed by atoms with Gasteiger partial charge in [0.25, 0.3) is 11.8 Å². The van der Waals surface area contributed by atoms with Gasteiger partial charge in [-0.2, -0.15) is 10.2 Å². The van der Waals surface area contributed by atoms with Crippen LogP contribution < -0.4 is 31.7 Å². The van der Waals surface area contributed by atoms with Crippen LogP contribution >= 0.6 is 34.4 Å². The number of hydrogen-bond donors (Lipinski definition) is 4. The zero-order valence-corrected chi connectivity index (χ0v) is 32.6. The molecule has 55 heavy (non-hydrogen) atoms. The molecule has 0 aliphatic carbocycles. The van der Waals surface area contributed by atoms with Crippen LogP contribution in [0.4, 0.5) is 30.2 Å². The van der Waals surface area contributed by atoms with Crippen LogP contribution in [0, 0.1) is 27.7 Å². The molecule has 18 heteroatoms. The molecule has 1 unspecified atom stereocenters. The van der Waals surface area contributed by atoms with Gasteiger partial charge in [-0.1, -0.05) is 18.2 Å². The number of nitrogens with zero attached hydrogens (tertiary/aromatic N) is 5. The molecule has 286 valence electrons. The van der Waals surface area contributed by atoms with Crippen LogP contribution in [0.2, 0.25) is 0 Å². The summed E-state index contributed by atoms with van der Waals surface area (Å²) in [7, 11) is 0. The first kappa shape index (κ1) is 38.1. The van der Waals surface area contributed by atoms with Crippen molar-refractivity contribution in [1.82, 2.24) is 31.0 Å². The highest BCUT2D eigenvalue weighted by Crippen LogP contribution is 2.39. The zero-order valence-electron chi connectivity index (χ0n) is 30.1. The topological polar surface area (TPSA) is 174 Å². The summed E-state index contributed by atoms with van der Waals surface area (Å²) in [6, 6.07) is 12.0. The van der Waals surface area contributed by atoms with E-state index in [1.165, 1.54) is 29.2 Å². The summed E-state index contributed by atoms with van der Waals surface area (Å²) in [5, 5.41) is 24.0. The Morgan fingerprint density at radius 3 is 2.05 bits per heavy atom. The van der Waals surface area contributed by atoms with E-state index in [1.54, 1.807) is 17.0 Å². The zero-order chi connectivity index (χ0) is 39.2. The van der Waals surface area contributed by atoms with Crippen molar-refractivity contribution in [2.45, 2.75) is 63.7 Å². The Morgan fingerprint density at radius 1 is 0.873 bits per heavy atom. The third-order valence-electron chi connectivity index (χ3n) is 9.58. The van der Waals surface area contributed by atoms with Crippen molar-refractivity contribution in [3.05, 3.63) is 85.9 Å². The van der Waals surface area contributed by atoms with Gasteiger partial charge in [0.1, 0.15) is 19.4 Å². The van der Waals surface area contributed by atoms with E-state index in [1.807, 2.05) is 52.0 Å². The van der Waals surface area contributed by atoms with Crippen LogP contribution in [0.3, 0.4) is 0 Å². The van der Waals surface area contributed by atoms with Crippen molar-refractivity contribution in [3.63, 3.8) is 0 Å². The van der Waals surface area contributed by atoms with E-state index < -0.39 is 6.36 Å². The second-order valence-corrected chi connectivity index (χ2v) is 16.3. The van der Waals surface area contributed by atoms with Gasteiger partial charge in [-0.05, 0) is 80.6 Å². The SMILES string of the molecule is Cc1nnc2sc(C(=O)NCc3ccc(SCc4ccc(OC(F)(F)F)c(N5CCC(NC(=O)c6sc7nnc(C)c(C)c7c6N)C5)c4)cc3)c(N)c2c1C. The lowest BCUT2D eigenvalue weighted by molar-refractivity contribution is -0.274. The predicted molar refractivity (Wildman–Crippen MR) is 211 cm³/mol. The Hall–Kier alpha value is -5.20. The minimum atomic E-state index is -4.88. The standard InChI is InChI=1S/C37H36F3N9O3S3/c1-17-19(3)45-47-35-27(17)29(41)31(54-35)33(50)43-14-21-5-8-24(9-6-21)53-16-22-7-10-26(52-37(38,39)40)25(13-22)49-12-11-23(15-49)44-34(51)32-30(42)28-18(2)20(4)46-48-36(28)55-32/h5-10,13,23H,11-12,14-16,41-42H2,1-4H3,(H,43,50)(H,44,51). The number of thioether (sulfide) groups is 1. The molecular weight excluding hydrogens is 772 g/mol. The van der Waals surface area contributed by atoms with Crippen LogP contribution in [0.15, 0.2) is 47.4 Å². The van der Waals surface area contributed by atoms with Crippen LogP contribution in [0.1, 0.15) is 59.4 Å². The van der Waals surface area contributed by atoms with Gasteiger partial charge >= 0.3 is 6.36 Å². The lowest BCUT2D eigenvalue weighted by Gasteiger charge is -2.23. The van der Waals surface area contributed by atoms with Crippen molar-refractivity contribution in [2.24, 2.45) is 0 Å². The fourth-order valence-corrected chi connectivity index (χ4v) is 9.27. The average molecular weight is 808 g/mol. The Labute approximate surface area is 325 Å². The number of rotatable bonds is 10. The number of ether oxygens (including phenoxy) is 1. The molecule has 2 amide bonds. The number of nitrogens with two attached hydrogens (primary N) is 2. The van der Waals surface area contributed by atoms with Gasteiger partial charge < -0.3 is 31.7 Å². The monoisotopic (exact) mass is 807 g/mol. The number of fused-ring (bicyclic) bond motifs is 2. The molecule has 0 spiro atoms. The van der Waals surface area contributed by atoms with Crippen molar-refractivity contribution >= 4 is 83.7 Å². The molecule has 0 radical (unpaired) electrons. The number of carbonyl (C=O) groups is 2. The minimum absolute atomic E-state index is 0.278. The summed E-state index contributed by atoms with van der Waals surface area (Å²) in [5.41, 5.74) is 18.6. The molecule has 4 aromatic heterocycles. The molecule has 6 N–H and O–H groups in total. The van der Waals surface area contributed by atoms with E-state index in [0.717, 1.165) is 55.3 Å². The Bertz CT molecular complexity index is 2450. The van der Waals surface area contributed by atoms with Gasteiger partial charge in [0.15, 0.2) is 5.75 Å². The number of anilines is 3. The first-order chi connectivity index (χ1) is 26.2. The van der Waals surface area contributed by atoms with Crippen molar-refractivity contribution in [1.29, 1.82) is 0 Å². The molecule has 1 aliphatic heterocycles. The number of carbonyl (C=O) groups excluding carboxylic acids is 2. The Morgan fingerprint density at radius 2 is 1.45 bits per heavy atom. The first-order valence-corrected chi connectivity index (χ1v) is 19.8. The average Bonchev–Trinajstić information content (AvgIpc) is 3.85. The van der Waals surface area contributed by atoms with Gasteiger partial charge in [0, 0.05) is 47.1 Å². The second kappa shape index (κ2) is 15.1. The predicted octanol–water partition coefficient (Wildman–Crippen LogP) is 7.22. The molecule has 2 aromatic carbocycles. The van der Waals surface area contributed by atoms with E-state index >= 15 is 0 Å². The third kappa shape index (κ3) is 7.97. The van der Waals surface area contributed by atoms with Gasteiger partial charge in [-0.3, -0.25) is 9.59 Å². The van der Waals surface area contributed by atoms with Gasteiger partial charge in [-0.15, -0.1) is 57.8 Å². The molecule has 1 fully saturated rings. The molecule has 7 rings (SSSR count). The maximum absolute atomic E-state index is 13.4. The van der Waals surface area contributed by atoms with Crippen molar-refractivity contribution < 1.29 is 27.5 Å². The quantitative estimate of drug-likeness (QED) is 0.103. The molecule has 0 saturated carbocycles. The largest absolute Gasteiger partial charge is 0.573 e. The van der Waals surface area contributed by atoms with Crippen molar-refractivity contribution in [3.8, 4) is 5.75 Å². The number of nitrogen functional groups attached to an aromatic ring is 2. The van der Waals surface area contributed by atoms with Crippen LogP contribution in [-0.4, -0.2) is 57.7 Å². The highest BCUT2D eigenvalue weighted by Gasteiger charge is 2.35. The van der Waals surface area contributed by atoms with Crippen LogP contribution in [0.25, 0.3) is 20.4 Å². The summed E-state index contributed by atoms with van der Waals surface area (Å²) >= 11 is 3.88. The number of hydrogen-bond acceptors (Lipinski definition) is 13. The summed E-state index contributed by atoms with van der Waals surface area (Å²) in [6.07, 6.45) is -4.37. The number of thiophene rings is 2. The molecule has 1 atom stereocenters. The number of alkyl halides is 3. The van der Waals surface area contributed by atoms with Crippen LogP contribution in [0.5, 0.6) is 5.75 Å². The van der Waals surface area contributed by atoms with E-state index in [4.69, 9.17) is 11.5 Å². The van der Waals surface area contributed by atoms with Gasteiger partial charge in [0.05, 0.1) is 28.5 Å². The molecule has 6 aromatic rings. The van der Waals surface area contributed by atoms with E-state index in [9.17, 15) is 22.8 Å². The number of nitrogens with one attached hydrogen (secondary N) is 2. The summed E-state index contributed by atoms with van der Waals surface area (Å²) in [4.78, 5) is 31.0. The fourth-order valence-electron chi connectivity index (χ4n) is 6.41. The normalized spacial score (nSPS) is 14.5. The Balaban J connectivity index is 0.984. The number of amides is 2. The van der Waals surface area contributed by atoms with Gasteiger partial charge in [0.2, 0.25) is 0 Å². The second-order valence-electron chi connectivity index (χ2n) is 13.2. The van der Waals surface area contributed by atoms with Crippen molar-refractivity contribution in [2.75, 3.05) is 29.5 Å². The molecular formula is C37H36F3N9O3S3. The number of benzene rings is 2. The molecule has 1 aliphatic rings. The summed E-state index contributed by atoms with van der Waals surface area (Å²) in [5.74, 6) is -0.495. The molecule has 12 nitrogen and oxygen atoms in total. The first-order valence-electron chi connectivity index (χ1n) is 17.1. The summed E-state index contributed by atoms with van der Waals surface area (Å²) in [6.45, 7) is 8.42. The number of halogens is 3. The van der Waals surface area contributed by atoms with E-state index in [0.29, 0.717) is 54.9 Å². The lowest BCUT2D eigenvalue weighted by Crippen LogP contribution is -2.37. The lowest BCUT2D eigenvalue weighted by atomic mass is 10.1. The maximum Gasteiger partial charge on any atom is 0.573 e. The fraction of sp³-hybridized carbons (Fsp3) is 0.297. The molecule has 1 saturated heterocycles. The molecule has 5 heterocycles. The maximum atomic E-state index is 13.4. The minimum Gasteiger partial charge on any atom is -0.404 e. The Kier molecular flexibility index (Phi) is 10.5. The molecule has 0 bridgehead atoms. The van der Waals surface area contributed by atoms with E-state index in [2.05, 4.69) is 35.8 Å². The van der Waals surface area contributed by atoms with E-state index in [-0.39, 0.29) is 42.4 Å². The van der Waals surface area contributed by atoms with Gasteiger partial charge in [-0.25, -0.2) is 0 Å². The number of aromatic nitrogens is 4. The summed E-state index contributed by atoms with van der Waals surface area (Å²) < 4.78 is 44.8. The smallest absolute Gasteiger partial charge is 0.404 e. The highest BCUT2D eigenvalue weighted by molar-refractivity contribution is 7.98. The highest BCUT2D eigenvalue weighted by atomic mass is 32.2. The third-order valence-corrected chi connectivity index (χ3v) is 12.8.